The van der Waals surface area contributed by atoms with E-state index in [-0.39, 0.29) is 12.5 Å². The normalized spacial score (nSPS) is 16.7. The van der Waals surface area contributed by atoms with Gasteiger partial charge in [-0.05, 0) is 36.6 Å². The van der Waals surface area contributed by atoms with E-state index in [9.17, 15) is 4.79 Å². The van der Waals surface area contributed by atoms with Crippen molar-refractivity contribution in [1.29, 1.82) is 0 Å². The van der Waals surface area contributed by atoms with Crippen LogP contribution >= 0.6 is 0 Å². The van der Waals surface area contributed by atoms with Crippen LogP contribution in [-0.4, -0.2) is 36.9 Å². The molecule has 0 aliphatic carbocycles. The molecular weight excluding hydrogens is 354 g/mol. The number of H-pyrrole nitrogens is 1. The Bertz CT molecular complexity index is 1000. The maximum atomic E-state index is 12.2. The molecule has 1 aliphatic rings. The second kappa shape index (κ2) is 8.27. The van der Waals surface area contributed by atoms with Crippen molar-refractivity contribution in [3.8, 4) is 5.75 Å². The van der Waals surface area contributed by atoms with Crippen LogP contribution in [0.5, 0.6) is 5.75 Å². The van der Waals surface area contributed by atoms with Gasteiger partial charge in [0, 0.05) is 35.2 Å². The van der Waals surface area contributed by atoms with Crippen molar-refractivity contribution in [3.63, 3.8) is 0 Å². The first-order chi connectivity index (χ1) is 13.7. The number of aromatic amines is 1. The lowest BCUT2D eigenvalue weighted by atomic mass is 9.95. The van der Waals surface area contributed by atoms with Gasteiger partial charge in [-0.3, -0.25) is 4.79 Å². The molecule has 0 saturated carbocycles. The van der Waals surface area contributed by atoms with Gasteiger partial charge in [0.2, 0.25) is 0 Å². The molecule has 1 aromatic heterocycles. The van der Waals surface area contributed by atoms with Gasteiger partial charge in [0.05, 0.1) is 12.8 Å². The van der Waals surface area contributed by atoms with Crippen molar-refractivity contribution in [2.45, 2.75) is 19.3 Å². The van der Waals surface area contributed by atoms with Crippen molar-refractivity contribution in [1.82, 2.24) is 10.4 Å². The third kappa shape index (κ3) is 3.92. The Morgan fingerprint density at radius 3 is 3.07 bits per heavy atom. The summed E-state index contributed by atoms with van der Waals surface area (Å²) in [4.78, 5) is 15.3. The summed E-state index contributed by atoms with van der Waals surface area (Å²) in [5, 5.41) is 5.12. The minimum absolute atomic E-state index is 0.0862. The second-order valence-corrected chi connectivity index (χ2v) is 6.92. The largest absolute Gasteiger partial charge is 0.483 e. The molecule has 0 bridgehead atoms. The van der Waals surface area contributed by atoms with Gasteiger partial charge in [-0.15, -0.1) is 0 Å². The molecule has 0 spiro atoms. The fraction of sp³-hybridized carbons (Fsp3) is 0.273. The Labute approximate surface area is 163 Å². The van der Waals surface area contributed by atoms with Gasteiger partial charge in [-0.1, -0.05) is 30.3 Å². The van der Waals surface area contributed by atoms with E-state index in [0.29, 0.717) is 12.5 Å². The Morgan fingerprint density at radius 2 is 2.21 bits per heavy atom. The first kappa shape index (κ1) is 18.3. The number of benzene rings is 2. The standard InChI is InChI=1S/C22H23N3O3/c1-15-4-2-6-19(17-9-11-27-13-17)22(15)28-14-21(26)25-24-12-16-5-3-7-20-18(16)8-10-23-20/h2-8,10,12,17,23H,9,11,13-14H2,1H3,(H,25,26). The van der Waals surface area contributed by atoms with Gasteiger partial charge < -0.3 is 14.5 Å². The highest BCUT2D eigenvalue weighted by atomic mass is 16.5. The summed E-state index contributed by atoms with van der Waals surface area (Å²) in [6.45, 7) is 3.36. The summed E-state index contributed by atoms with van der Waals surface area (Å²) in [5.41, 5.74) is 6.62. The second-order valence-electron chi connectivity index (χ2n) is 6.92. The van der Waals surface area contributed by atoms with E-state index in [4.69, 9.17) is 9.47 Å². The van der Waals surface area contributed by atoms with Crippen molar-refractivity contribution >= 4 is 23.0 Å². The lowest BCUT2D eigenvalue weighted by Crippen LogP contribution is -2.25. The van der Waals surface area contributed by atoms with Crippen molar-refractivity contribution in [2.24, 2.45) is 5.10 Å². The van der Waals surface area contributed by atoms with Crippen LogP contribution in [0.3, 0.4) is 0 Å². The van der Waals surface area contributed by atoms with Crippen molar-refractivity contribution in [3.05, 3.63) is 65.4 Å². The molecule has 4 rings (SSSR count). The van der Waals surface area contributed by atoms with E-state index < -0.39 is 0 Å². The van der Waals surface area contributed by atoms with Crippen LogP contribution in [0.15, 0.2) is 53.8 Å². The number of ether oxygens (including phenoxy) is 2. The highest BCUT2D eigenvalue weighted by Crippen LogP contribution is 2.34. The molecule has 144 valence electrons. The summed E-state index contributed by atoms with van der Waals surface area (Å²) in [7, 11) is 0. The molecular formula is C22H23N3O3. The van der Waals surface area contributed by atoms with E-state index in [2.05, 4.69) is 21.6 Å². The van der Waals surface area contributed by atoms with Crippen LogP contribution in [0.2, 0.25) is 0 Å². The SMILES string of the molecule is Cc1cccc(C2CCOC2)c1OCC(=O)NN=Cc1cccc2[nH]ccc12. The maximum Gasteiger partial charge on any atom is 0.277 e. The van der Waals surface area contributed by atoms with Crippen LogP contribution in [0, 0.1) is 6.92 Å². The number of para-hydroxylation sites is 1. The van der Waals surface area contributed by atoms with Crippen molar-refractivity contribution in [2.75, 3.05) is 19.8 Å². The third-order valence-electron chi connectivity index (χ3n) is 4.98. The zero-order valence-corrected chi connectivity index (χ0v) is 15.8. The molecule has 0 radical (unpaired) electrons. The molecule has 1 fully saturated rings. The first-order valence-corrected chi connectivity index (χ1v) is 9.40. The quantitative estimate of drug-likeness (QED) is 0.510. The number of hydrogen-bond acceptors (Lipinski definition) is 4. The van der Waals surface area contributed by atoms with Crippen LogP contribution in [-0.2, 0) is 9.53 Å². The zero-order chi connectivity index (χ0) is 19.3. The Hall–Kier alpha value is -3.12. The van der Waals surface area contributed by atoms with E-state index in [0.717, 1.165) is 46.4 Å². The molecule has 1 saturated heterocycles. The summed E-state index contributed by atoms with van der Waals surface area (Å²) < 4.78 is 11.4. The minimum atomic E-state index is -0.297. The summed E-state index contributed by atoms with van der Waals surface area (Å²) >= 11 is 0. The van der Waals surface area contributed by atoms with E-state index >= 15 is 0 Å². The van der Waals surface area contributed by atoms with Gasteiger partial charge in [0.1, 0.15) is 5.75 Å². The molecule has 28 heavy (non-hydrogen) atoms. The maximum absolute atomic E-state index is 12.2. The predicted molar refractivity (Wildman–Crippen MR) is 109 cm³/mol. The summed E-state index contributed by atoms with van der Waals surface area (Å²) in [5.74, 6) is 0.793. The van der Waals surface area contributed by atoms with Crippen LogP contribution in [0.4, 0.5) is 0 Å². The van der Waals surface area contributed by atoms with Gasteiger partial charge in [0.25, 0.3) is 5.91 Å². The van der Waals surface area contributed by atoms with Crippen LogP contribution < -0.4 is 10.2 Å². The van der Waals surface area contributed by atoms with E-state index in [1.165, 1.54) is 0 Å². The number of nitrogens with one attached hydrogen (secondary N) is 2. The van der Waals surface area contributed by atoms with Gasteiger partial charge in [-0.2, -0.15) is 5.10 Å². The van der Waals surface area contributed by atoms with Gasteiger partial charge >= 0.3 is 0 Å². The van der Waals surface area contributed by atoms with Crippen molar-refractivity contribution < 1.29 is 14.3 Å². The number of hydrogen-bond donors (Lipinski definition) is 2. The number of rotatable bonds is 6. The fourth-order valence-corrected chi connectivity index (χ4v) is 3.54. The molecule has 2 N–H and O–H groups in total. The molecule has 3 aromatic rings. The number of fused-ring (bicyclic) bond motifs is 1. The number of aryl methyl sites for hydroxylation is 1. The lowest BCUT2D eigenvalue weighted by molar-refractivity contribution is -0.123. The number of amides is 1. The average Bonchev–Trinajstić information content (AvgIpc) is 3.39. The molecule has 6 heteroatoms. The molecule has 1 atom stereocenters. The molecule has 1 aliphatic heterocycles. The highest BCUT2D eigenvalue weighted by Gasteiger charge is 2.22. The topological polar surface area (TPSA) is 75.7 Å². The highest BCUT2D eigenvalue weighted by molar-refractivity contribution is 5.98. The van der Waals surface area contributed by atoms with Crippen LogP contribution in [0.25, 0.3) is 10.9 Å². The Balaban J connectivity index is 1.38. The lowest BCUT2D eigenvalue weighted by Gasteiger charge is -2.17. The molecule has 1 amide bonds. The average molecular weight is 377 g/mol. The first-order valence-electron chi connectivity index (χ1n) is 9.40. The Morgan fingerprint density at radius 1 is 1.32 bits per heavy atom. The number of aromatic nitrogens is 1. The number of nitrogens with zero attached hydrogens (tertiary/aromatic N) is 1. The summed E-state index contributed by atoms with van der Waals surface area (Å²) in [6.07, 6.45) is 4.49. The number of carbonyl (C=O) groups is 1. The molecule has 6 nitrogen and oxygen atoms in total. The molecule has 2 aromatic carbocycles. The fourth-order valence-electron chi connectivity index (χ4n) is 3.54. The van der Waals surface area contributed by atoms with Crippen LogP contribution in [0.1, 0.15) is 29.0 Å². The third-order valence-corrected chi connectivity index (χ3v) is 4.98. The minimum Gasteiger partial charge on any atom is -0.483 e. The number of carbonyl (C=O) groups excluding carboxylic acids is 1. The molecule has 1 unspecified atom stereocenters. The Kier molecular flexibility index (Phi) is 5.39. The smallest absolute Gasteiger partial charge is 0.277 e. The predicted octanol–water partition coefficient (Wildman–Crippen LogP) is 3.51. The monoisotopic (exact) mass is 377 g/mol. The zero-order valence-electron chi connectivity index (χ0n) is 15.8. The summed E-state index contributed by atoms with van der Waals surface area (Å²) in [6, 6.07) is 13.9. The van der Waals surface area contributed by atoms with Gasteiger partial charge in [0.15, 0.2) is 6.61 Å². The number of hydrazone groups is 1. The van der Waals surface area contributed by atoms with E-state index in [1.54, 1.807) is 6.21 Å². The molecule has 2 heterocycles. The van der Waals surface area contributed by atoms with E-state index in [1.807, 2.05) is 49.5 Å². The van der Waals surface area contributed by atoms with Gasteiger partial charge in [-0.25, -0.2) is 5.43 Å².